The maximum atomic E-state index is 12.8. The number of hydrogen-bond donors (Lipinski definition) is 0. The quantitative estimate of drug-likeness (QED) is 0.504. The van der Waals surface area contributed by atoms with Gasteiger partial charge >= 0.3 is 24.1 Å². The van der Waals surface area contributed by atoms with Gasteiger partial charge in [0.25, 0.3) is 0 Å². The van der Waals surface area contributed by atoms with Crippen LogP contribution >= 0.6 is 0 Å². The molecule has 9 heteroatoms. The highest BCUT2D eigenvalue weighted by Crippen LogP contribution is 2.48. The molecule has 0 aromatic rings. The van der Waals surface area contributed by atoms with Crippen LogP contribution in [0.5, 0.6) is 0 Å². The van der Waals surface area contributed by atoms with Crippen LogP contribution < -0.4 is 0 Å². The fourth-order valence-electron chi connectivity index (χ4n) is 0.709. The summed E-state index contributed by atoms with van der Waals surface area (Å²) in [4.78, 5) is 10.0. The minimum atomic E-state index is -6.16. The Balaban J connectivity index is 2.98. The van der Waals surface area contributed by atoms with Gasteiger partial charge < -0.3 is 9.47 Å². The summed E-state index contributed by atoms with van der Waals surface area (Å²) in [6.45, 7) is -1.79. The molecule has 0 aromatic carbocycles. The number of alkyl halides is 6. The van der Waals surface area contributed by atoms with E-state index >= 15 is 0 Å². The molecule has 0 N–H and O–H groups in total. The summed E-state index contributed by atoms with van der Waals surface area (Å²) in [5.41, 5.74) is 0. The number of rotatable bonds is 1. The average molecular weight is 224 g/mol. The van der Waals surface area contributed by atoms with E-state index in [2.05, 4.69) is 9.47 Å². The molecular weight excluding hydrogens is 222 g/mol. The van der Waals surface area contributed by atoms with E-state index in [-0.39, 0.29) is 0 Å². The number of ether oxygens (including phenoxy) is 2. The number of halogens is 6. The lowest BCUT2D eigenvalue weighted by Crippen LogP contribution is -2.55. The van der Waals surface area contributed by atoms with Crippen LogP contribution in [0.4, 0.5) is 31.1 Å². The molecule has 1 saturated heterocycles. The van der Waals surface area contributed by atoms with Gasteiger partial charge in [0.2, 0.25) is 0 Å². The van der Waals surface area contributed by atoms with Crippen LogP contribution in [-0.4, -0.2) is 30.7 Å². The molecular formula is C5H2F6O3. The summed E-state index contributed by atoms with van der Waals surface area (Å²) in [5.74, 6) is -10.3. The van der Waals surface area contributed by atoms with Gasteiger partial charge in [-0.3, -0.25) is 0 Å². The van der Waals surface area contributed by atoms with Crippen LogP contribution in [0.1, 0.15) is 0 Å². The molecule has 1 unspecified atom stereocenters. The van der Waals surface area contributed by atoms with Crippen molar-refractivity contribution in [1.29, 1.82) is 0 Å². The molecule has 1 atom stereocenters. The lowest BCUT2D eigenvalue weighted by molar-refractivity contribution is -0.363. The fourth-order valence-corrected chi connectivity index (χ4v) is 0.709. The summed E-state index contributed by atoms with van der Waals surface area (Å²) in [5, 5.41) is 0. The first kappa shape index (κ1) is 10.9. The molecule has 0 aliphatic carbocycles. The zero-order valence-corrected chi connectivity index (χ0v) is 6.20. The minimum Gasteiger partial charge on any atom is -0.427 e. The maximum absolute atomic E-state index is 12.8. The molecule has 1 heterocycles. The summed E-state index contributed by atoms with van der Waals surface area (Å²) >= 11 is 0. The monoisotopic (exact) mass is 224 g/mol. The number of carbonyl (C=O) groups excluding carboxylic acids is 1. The second-order valence-corrected chi connectivity index (χ2v) is 2.44. The molecule has 0 saturated carbocycles. The Bertz CT molecular complexity index is 261. The molecule has 1 fully saturated rings. The van der Waals surface area contributed by atoms with E-state index < -0.39 is 30.7 Å². The molecule has 0 aromatic heterocycles. The van der Waals surface area contributed by atoms with Crippen LogP contribution in [0.3, 0.4) is 0 Å². The van der Waals surface area contributed by atoms with Crippen LogP contribution in [0.2, 0.25) is 0 Å². The number of cyclic esters (lactones) is 2. The Hall–Kier alpha value is -1.15. The van der Waals surface area contributed by atoms with Gasteiger partial charge in [-0.25, -0.2) is 4.79 Å². The predicted molar refractivity (Wildman–Crippen MR) is 27.3 cm³/mol. The van der Waals surface area contributed by atoms with Gasteiger partial charge in [-0.2, -0.15) is 26.3 Å². The van der Waals surface area contributed by atoms with E-state index in [0.717, 1.165) is 0 Å². The van der Waals surface area contributed by atoms with Gasteiger partial charge in [0, 0.05) is 0 Å². The normalized spacial score (nSPS) is 28.6. The summed E-state index contributed by atoms with van der Waals surface area (Å²) in [6.07, 6.45) is -8.06. The fraction of sp³-hybridized carbons (Fsp3) is 0.800. The van der Waals surface area contributed by atoms with Gasteiger partial charge in [0.05, 0.1) is 0 Å². The summed E-state index contributed by atoms with van der Waals surface area (Å²) in [7, 11) is 0. The van der Waals surface area contributed by atoms with Crippen LogP contribution in [-0.2, 0) is 9.47 Å². The molecule has 82 valence electrons. The van der Waals surface area contributed by atoms with E-state index in [1.54, 1.807) is 0 Å². The summed E-state index contributed by atoms with van der Waals surface area (Å²) in [6, 6.07) is 0. The molecule has 0 radical (unpaired) electrons. The second kappa shape index (κ2) is 2.67. The third-order valence-electron chi connectivity index (χ3n) is 1.45. The highest BCUT2D eigenvalue weighted by molar-refractivity contribution is 5.62. The Morgan fingerprint density at radius 1 is 1.21 bits per heavy atom. The third kappa shape index (κ3) is 1.36. The van der Waals surface area contributed by atoms with Gasteiger partial charge in [-0.05, 0) is 0 Å². The van der Waals surface area contributed by atoms with Gasteiger partial charge in [0.1, 0.15) is 0 Å². The zero-order valence-electron chi connectivity index (χ0n) is 6.20. The van der Waals surface area contributed by atoms with Crippen LogP contribution in [0.15, 0.2) is 0 Å². The SMILES string of the molecule is O=C1OCC(F)(C(F)(F)C(F)(F)F)O1. The largest absolute Gasteiger partial charge is 0.511 e. The van der Waals surface area contributed by atoms with Gasteiger partial charge in [-0.15, -0.1) is 0 Å². The molecule has 1 aliphatic heterocycles. The van der Waals surface area contributed by atoms with Gasteiger partial charge in [-0.1, -0.05) is 0 Å². The van der Waals surface area contributed by atoms with E-state index in [9.17, 15) is 31.1 Å². The van der Waals surface area contributed by atoms with Crippen molar-refractivity contribution < 1.29 is 40.6 Å². The molecule has 3 nitrogen and oxygen atoms in total. The first-order chi connectivity index (χ1) is 6.10. The van der Waals surface area contributed by atoms with Crippen molar-refractivity contribution in [2.45, 2.75) is 18.0 Å². The number of hydrogen-bond acceptors (Lipinski definition) is 3. The first-order valence-corrected chi connectivity index (χ1v) is 3.09. The topological polar surface area (TPSA) is 35.5 Å². The van der Waals surface area contributed by atoms with E-state index in [0.29, 0.717) is 0 Å². The Kier molecular flexibility index (Phi) is 2.09. The van der Waals surface area contributed by atoms with Crippen molar-refractivity contribution >= 4 is 6.16 Å². The summed E-state index contributed by atoms with van der Waals surface area (Å²) < 4.78 is 79.0. The Morgan fingerprint density at radius 2 is 1.71 bits per heavy atom. The van der Waals surface area contributed by atoms with E-state index in [1.165, 1.54) is 0 Å². The molecule has 0 amide bonds. The van der Waals surface area contributed by atoms with E-state index in [1.807, 2.05) is 0 Å². The lowest BCUT2D eigenvalue weighted by atomic mass is 10.1. The molecule has 14 heavy (non-hydrogen) atoms. The highest BCUT2D eigenvalue weighted by Gasteiger charge is 2.76. The lowest BCUT2D eigenvalue weighted by Gasteiger charge is -2.27. The third-order valence-corrected chi connectivity index (χ3v) is 1.45. The van der Waals surface area contributed by atoms with Crippen molar-refractivity contribution in [1.82, 2.24) is 0 Å². The maximum Gasteiger partial charge on any atom is 0.511 e. The molecule has 1 aliphatic rings. The average Bonchev–Trinajstić information content (AvgIpc) is 2.30. The Labute approximate surface area is 72.6 Å². The molecule has 0 bridgehead atoms. The van der Waals surface area contributed by atoms with Crippen molar-refractivity contribution in [3.63, 3.8) is 0 Å². The Morgan fingerprint density at radius 3 is 2.00 bits per heavy atom. The van der Waals surface area contributed by atoms with Crippen molar-refractivity contribution in [3.8, 4) is 0 Å². The van der Waals surface area contributed by atoms with Gasteiger partial charge in [0.15, 0.2) is 6.61 Å². The van der Waals surface area contributed by atoms with E-state index in [4.69, 9.17) is 0 Å². The minimum absolute atomic E-state index is 1.79. The second-order valence-electron chi connectivity index (χ2n) is 2.44. The van der Waals surface area contributed by atoms with Crippen LogP contribution in [0.25, 0.3) is 0 Å². The standard InChI is InChI=1S/C5H2F6O3/c6-3(1-13-2(12)14-3)4(7,8)5(9,10)11/h1H2. The van der Waals surface area contributed by atoms with Crippen LogP contribution in [0, 0.1) is 0 Å². The first-order valence-electron chi connectivity index (χ1n) is 3.09. The smallest absolute Gasteiger partial charge is 0.427 e. The molecule has 0 spiro atoms. The van der Waals surface area contributed by atoms with Crippen molar-refractivity contribution in [2.75, 3.05) is 6.61 Å². The van der Waals surface area contributed by atoms with Crippen molar-refractivity contribution in [3.05, 3.63) is 0 Å². The predicted octanol–water partition coefficient (Wildman–Crippen LogP) is 2.02. The van der Waals surface area contributed by atoms with Crippen molar-refractivity contribution in [2.24, 2.45) is 0 Å². The highest BCUT2D eigenvalue weighted by atomic mass is 19.4. The molecule has 1 rings (SSSR count). The number of carbonyl (C=O) groups is 1. The zero-order chi connectivity index (χ0) is 11.2.